The zero-order chi connectivity index (χ0) is 27.1. The maximum atomic E-state index is 11.3. The molecule has 2 heterocycles. The molecule has 4 atom stereocenters. The first kappa shape index (κ1) is 36.5. The van der Waals surface area contributed by atoms with Crippen molar-refractivity contribution in [1.29, 1.82) is 0 Å². The molecule has 0 aromatic heterocycles. The number of aryl methyl sites for hydroxylation is 2. The Bertz CT molecular complexity index is 969. The molecule has 2 saturated heterocycles. The van der Waals surface area contributed by atoms with Gasteiger partial charge in [0.1, 0.15) is 0 Å². The van der Waals surface area contributed by atoms with Gasteiger partial charge in [0.15, 0.2) is 0 Å². The summed E-state index contributed by atoms with van der Waals surface area (Å²) in [4.78, 5) is 0. The van der Waals surface area contributed by atoms with Crippen molar-refractivity contribution in [1.82, 2.24) is 4.72 Å². The predicted octanol–water partition coefficient (Wildman–Crippen LogP) is 3.01. The van der Waals surface area contributed by atoms with Crippen molar-refractivity contribution < 1.29 is 40.6 Å². The van der Waals surface area contributed by atoms with E-state index in [9.17, 15) is 8.42 Å². The fourth-order valence-corrected chi connectivity index (χ4v) is 4.60. The third-order valence-corrected chi connectivity index (χ3v) is 6.31. The molecule has 0 spiro atoms. The van der Waals surface area contributed by atoms with Gasteiger partial charge in [-0.25, -0.2) is 13.1 Å². The number of nitrogens with one attached hydrogen (secondary N) is 1. The van der Waals surface area contributed by atoms with Gasteiger partial charge in [0.25, 0.3) is 0 Å². The summed E-state index contributed by atoms with van der Waals surface area (Å²) in [7, 11) is -2.56. The molecule has 0 amide bonds. The molecule has 2 aliphatic heterocycles. The molecular formula is C23H32I5N2O4SV-. The van der Waals surface area contributed by atoms with Crippen LogP contribution in [0.15, 0.2) is 48.5 Å². The van der Waals surface area contributed by atoms with Crippen LogP contribution in [0.1, 0.15) is 34.1 Å². The van der Waals surface area contributed by atoms with Gasteiger partial charge in [0.05, 0.1) is 38.7 Å². The Balaban J connectivity index is 0.000000302. The summed E-state index contributed by atoms with van der Waals surface area (Å²) >= 11 is 10.0. The first-order valence-electron chi connectivity index (χ1n) is 10.9. The van der Waals surface area contributed by atoms with Gasteiger partial charge in [0.2, 0.25) is 10.0 Å². The molecule has 0 bridgehead atoms. The van der Waals surface area contributed by atoms with Crippen LogP contribution in [-0.2, 0) is 29.0 Å². The summed E-state index contributed by atoms with van der Waals surface area (Å²) in [5.41, 5.74) is 10.8. The Labute approximate surface area is 275 Å². The van der Waals surface area contributed by atoms with Gasteiger partial charge in [-0.1, -0.05) is 59.7 Å². The summed E-state index contributed by atoms with van der Waals surface area (Å²) in [6, 6.07) is 16.7. The number of sulfonamides is 1. The van der Waals surface area contributed by atoms with Crippen LogP contribution in [0.2, 0.25) is 0 Å². The number of nitrogens with two attached hydrogens (primary N) is 1. The number of rotatable bonds is 4. The fourth-order valence-electron chi connectivity index (χ4n) is 3.82. The molecule has 205 valence electrons. The molecule has 13 heteroatoms. The van der Waals surface area contributed by atoms with Crippen LogP contribution >= 0.6 is 77.2 Å². The van der Waals surface area contributed by atoms with E-state index in [0.717, 1.165) is 12.2 Å². The van der Waals surface area contributed by atoms with Gasteiger partial charge in [0, 0.05) is 17.9 Å². The fraction of sp³-hybridized carbons (Fsp3) is 0.478. The van der Waals surface area contributed by atoms with Gasteiger partial charge in [-0.3, -0.25) is 0 Å². The molecule has 4 rings (SSSR count). The molecule has 2 fully saturated rings. The minimum atomic E-state index is -3.19. The van der Waals surface area contributed by atoms with E-state index in [1.165, 1.54) is 22.9 Å². The minimum absolute atomic E-state index is 0.102. The van der Waals surface area contributed by atoms with Crippen molar-refractivity contribution in [3.8, 4) is 0 Å². The average molecular weight is 1120 g/mol. The van der Waals surface area contributed by atoms with Crippen LogP contribution in [0.25, 0.3) is 0 Å². The Kier molecular flexibility index (Phi) is 20.6. The van der Waals surface area contributed by atoms with Gasteiger partial charge in [-0.2, -0.15) is 0 Å². The molecule has 2 aromatic rings. The number of hydrogen-bond acceptors (Lipinski definition) is 5. The van der Waals surface area contributed by atoms with Gasteiger partial charge < -0.3 is 15.2 Å². The van der Waals surface area contributed by atoms with Gasteiger partial charge >= 0.3 is 99.9 Å². The second kappa shape index (κ2) is 20.4. The van der Waals surface area contributed by atoms with Gasteiger partial charge in [-0.15, -0.1) is 0 Å². The Morgan fingerprint density at radius 2 is 1.25 bits per heavy atom. The van der Waals surface area contributed by atoms with Crippen LogP contribution in [-0.4, -0.2) is 53.2 Å². The zero-order valence-electron chi connectivity index (χ0n) is 20.2. The van der Waals surface area contributed by atoms with E-state index in [1.807, 2.05) is 31.2 Å². The van der Waals surface area contributed by atoms with E-state index < -0.39 is 10.0 Å². The van der Waals surface area contributed by atoms with Crippen LogP contribution in [0.3, 0.4) is 0 Å². The number of hydrogen-bond donors (Lipinski definition) is 2. The van der Waals surface area contributed by atoms with Crippen molar-refractivity contribution in [2.45, 2.75) is 37.8 Å². The van der Waals surface area contributed by atoms with Gasteiger partial charge in [-0.05, 0) is 25.0 Å². The Hall–Kier alpha value is 2.46. The molecule has 0 aliphatic carbocycles. The molecule has 3 N–H and O–H groups in total. The molecule has 36 heavy (non-hydrogen) atoms. The van der Waals surface area contributed by atoms with E-state index in [0.29, 0.717) is 48.5 Å². The number of halogens is 5. The van der Waals surface area contributed by atoms with E-state index >= 15 is 0 Å². The first-order chi connectivity index (χ1) is 17.1. The Morgan fingerprint density at radius 3 is 1.64 bits per heavy atom. The first-order valence-corrected chi connectivity index (χ1v) is 34.3. The summed E-state index contributed by atoms with van der Waals surface area (Å²) in [6.45, 7) is 6.58. The number of ether oxygens (including phenoxy) is 2. The van der Waals surface area contributed by atoms with E-state index in [-0.39, 0.29) is 18.0 Å². The van der Waals surface area contributed by atoms with Crippen molar-refractivity contribution >= 4 is 87.2 Å². The SMILES string of the molecule is Cc1ccc(C2COCC2N)cc1.Cc1ccc(C2COCC2NS(C)(=O)=O)cc1.I[I-]I.[I][V][I]. The molecule has 6 nitrogen and oxygen atoms in total. The third-order valence-electron chi connectivity index (χ3n) is 5.58. The standard InChI is InChI=1S/C12H17NO3S.C11H15NO.I3.2HI.V/c1-9-3-5-10(6-4-9)11-7-16-8-12(11)13-17(2,14)15;1-8-2-4-9(5-3-8)10-6-13-7-11(10)12;1-3-2;;;/h3-6,11-13H,7-8H2,1-2H3;2-5,10-11H,6-7,12H2,1H3;;2*1H;/q;;-1;;;+2/p-2. The van der Waals surface area contributed by atoms with Crippen LogP contribution in [0.4, 0.5) is 0 Å². The summed E-state index contributed by atoms with van der Waals surface area (Å²) in [5, 5.41) is 0. The monoisotopic (exact) mass is 1120 g/mol. The number of benzene rings is 2. The topological polar surface area (TPSA) is 90.7 Å². The summed E-state index contributed by atoms with van der Waals surface area (Å²) in [5.74, 6) is 0.492. The second-order valence-corrected chi connectivity index (χ2v) is 38.2. The van der Waals surface area contributed by atoms with E-state index in [2.05, 4.69) is 113 Å². The zero-order valence-corrected chi connectivity index (χ0v) is 33.2. The average Bonchev–Trinajstić information content (AvgIpc) is 3.44. The van der Waals surface area contributed by atoms with Crippen LogP contribution in [0, 0.1) is 13.8 Å². The molecule has 0 saturated carbocycles. The normalized spacial score (nSPS) is 22.9. The molecule has 2 aliphatic rings. The van der Waals surface area contributed by atoms with Crippen molar-refractivity contribution in [2.24, 2.45) is 5.73 Å². The summed E-state index contributed by atoms with van der Waals surface area (Å²) in [6.07, 6.45) is 1.18. The maximum absolute atomic E-state index is 11.3. The molecule has 0 radical (unpaired) electrons. The van der Waals surface area contributed by atoms with Crippen molar-refractivity contribution in [3.05, 3.63) is 70.8 Å². The van der Waals surface area contributed by atoms with E-state index in [1.54, 1.807) is 0 Å². The molecule has 2 aromatic carbocycles. The second-order valence-electron chi connectivity index (χ2n) is 8.39. The summed E-state index contributed by atoms with van der Waals surface area (Å²) < 4.78 is 35.8. The van der Waals surface area contributed by atoms with Crippen LogP contribution < -0.4 is 23.7 Å². The molecule has 4 unspecified atom stereocenters. The van der Waals surface area contributed by atoms with Crippen LogP contribution in [0.5, 0.6) is 0 Å². The van der Waals surface area contributed by atoms with E-state index in [4.69, 9.17) is 15.2 Å². The van der Waals surface area contributed by atoms with Crippen molar-refractivity contribution in [2.75, 3.05) is 32.7 Å². The third kappa shape index (κ3) is 14.9. The van der Waals surface area contributed by atoms with Crippen molar-refractivity contribution in [3.63, 3.8) is 0 Å². The molecular weight excluding hydrogens is 1090 g/mol. The Morgan fingerprint density at radius 1 is 0.861 bits per heavy atom. The predicted molar refractivity (Wildman–Crippen MR) is 175 cm³/mol. The quantitative estimate of drug-likeness (QED) is 0.461.